The molecule has 2 rings (SSSR count). The second kappa shape index (κ2) is 6.59. The van der Waals surface area contributed by atoms with Crippen LogP contribution in [-0.2, 0) is 4.74 Å². The molecule has 1 saturated carbocycles. The van der Waals surface area contributed by atoms with Gasteiger partial charge in [-0.25, -0.2) is 0 Å². The summed E-state index contributed by atoms with van der Waals surface area (Å²) in [6.45, 7) is 7.37. The van der Waals surface area contributed by atoms with Gasteiger partial charge in [-0.1, -0.05) is 26.0 Å². The molecule has 0 aliphatic heterocycles. The third kappa shape index (κ3) is 3.53. The highest BCUT2D eigenvalue weighted by Crippen LogP contribution is 2.34. The average Bonchev–Trinajstić information content (AvgIpc) is 3.28. The molecule has 3 heteroatoms. The molecule has 0 saturated heterocycles. The molecule has 0 bridgehead atoms. The molecule has 0 aromatic heterocycles. The zero-order chi connectivity index (χ0) is 14.6. The first kappa shape index (κ1) is 15.3. The Morgan fingerprint density at radius 3 is 2.65 bits per heavy atom. The van der Waals surface area contributed by atoms with Crippen LogP contribution in [0.4, 0.5) is 0 Å². The van der Waals surface area contributed by atoms with Crippen molar-refractivity contribution >= 4 is 0 Å². The normalized spacial score (nSPS) is 19.4. The van der Waals surface area contributed by atoms with Gasteiger partial charge >= 0.3 is 0 Å². The number of methoxy groups -OCH3 is 1. The predicted octanol–water partition coefficient (Wildman–Crippen LogP) is 3.69. The van der Waals surface area contributed by atoms with Crippen molar-refractivity contribution in [3.63, 3.8) is 0 Å². The molecular weight excluding hydrogens is 250 g/mol. The van der Waals surface area contributed by atoms with Gasteiger partial charge in [0.1, 0.15) is 5.75 Å². The monoisotopic (exact) mass is 277 g/mol. The van der Waals surface area contributed by atoms with Crippen LogP contribution in [0.15, 0.2) is 24.3 Å². The number of hydrogen-bond donors (Lipinski definition) is 1. The van der Waals surface area contributed by atoms with E-state index in [4.69, 9.17) is 9.47 Å². The van der Waals surface area contributed by atoms with Crippen LogP contribution in [0.25, 0.3) is 0 Å². The summed E-state index contributed by atoms with van der Waals surface area (Å²) in [6.07, 6.45) is 3.76. The van der Waals surface area contributed by atoms with Crippen LogP contribution >= 0.6 is 0 Å². The molecule has 112 valence electrons. The van der Waals surface area contributed by atoms with E-state index in [9.17, 15) is 0 Å². The molecule has 0 radical (unpaired) electrons. The number of hydrogen-bond acceptors (Lipinski definition) is 3. The molecule has 1 aromatic rings. The van der Waals surface area contributed by atoms with E-state index in [-0.39, 0.29) is 11.6 Å². The fraction of sp³-hybridized carbons (Fsp3) is 0.647. The van der Waals surface area contributed by atoms with Crippen molar-refractivity contribution in [2.75, 3.05) is 13.7 Å². The molecule has 2 atom stereocenters. The minimum atomic E-state index is -0.214. The molecule has 1 aliphatic rings. The maximum Gasteiger partial charge on any atom is 0.120 e. The third-order valence-corrected chi connectivity index (χ3v) is 4.21. The van der Waals surface area contributed by atoms with E-state index in [1.807, 2.05) is 6.07 Å². The van der Waals surface area contributed by atoms with E-state index in [0.29, 0.717) is 6.10 Å². The van der Waals surface area contributed by atoms with E-state index in [1.54, 1.807) is 7.11 Å². The van der Waals surface area contributed by atoms with Crippen LogP contribution < -0.4 is 10.1 Å². The maximum atomic E-state index is 5.91. The van der Waals surface area contributed by atoms with Gasteiger partial charge in [0, 0.05) is 7.11 Å². The summed E-state index contributed by atoms with van der Waals surface area (Å²) in [4.78, 5) is 0. The zero-order valence-electron chi connectivity index (χ0n) is 13.1. The minimum Gasteiger partial charge on any atom is -0.490 e. The van der Waals surface area contributed by atoms with Crippen LogP contribution in [0.3, 0.4) is 0 Å². The summed E-state index contributed by atoms with van der Waals surface area (Å²) in [5.41, 5.74) is 1.02. The van der Waals surface area contributed by atoms with Crippen molar-refractivity contribution < 1.29 is 9.47 Å². The first-order valence-corrected chi connectivity index (χ1v) is 7.68. The Balaban J connectivity index is 2.23. The lowest BCUT2D eigenvalue weighted by Gasteiger charge is -2.36. The Bertz CT molecular complexity index is 425. The number of nitrogens with one attached hydrogen (secondary N) is 1. The summed E-state index contributed by atoms with van der Waals surface area (Å²) >= 11 is 0. The van der Waals surface area contributed by atoms with Crippen molar-refractivity contribution in [1.82, 2.24) is 5.32 Å². The molecule has 3 nitrogen and oxygen atoms in total. The van der Waals surface area contributed by atoms with Crippen LogP contribution in [0.5, 0.6) is 5.75 Å². The Morgan fingerprint density at radius 1 is 1.35 bits per heavy atom. The maximum absolute atomic E-state index is 5.91. The zero-order valence-corrected chi connectivity index (χ0v) is 13.1. The first-order valence-electron chi connectivity index (χ1n) is 7.68. The third-order valence-electron chi connectivity index (χ3n) is 4.21. The molecule has 1 aromatic carbocycles. The number of likely N-dealkylation sites (N-methyl/N-ethyl adjacent to an activating group) is 1. The van der Waals surface area contributed by atoms with Gasteiger partial charge in [0.05, 0.1) is 17.7 Å². The summed E-state index contributed by atoms with van der Waals surface area (Å²) in [7, 11) is 1.79. The van der Waals surface area contributed by atoms with E-state index < -0.39 is 0 Å². The van der Waals surface area contributed by atoms with Gasteiger partial charge in [-0.15, -0.1) is 0 Å². The first-order chi connectivity index (χ1) is 9.62. The number of ether oxygens (including phenoxy) is 2. The quantitative estimate of drug-likeness (QED) is 0.786. The van der Waals surface area contributed by atoms with Crippen LogP contribution in [-0.4, -0.2) is 25.4 Å². The Kier molecular flexibility index (Phi) is 5.06. The van der Waals surface area contributed by atoms with Gasteiger partial charge in [0.2, 0.25) is 0 Å². The lowest BCUT2D eigenvalue weighted by atomic mass is 9.87. The van der Waals surface area contributed by atoms with Gasteiger partial charge in [0.15, 0.2) is 0 Å². The van der Waals surface area contributed by atoms with E-state index in [2.05, 4.69) is 44.3 Å². The van der Waals surface area contributed by atoms with Gasteiger partial charge in [-0.2, -0.15) is 0 Å². The minimum absolute atomic E-state index is 0.172. The van der Waals surface area contributed by atoms with Gasteiger partial charge in [-0.3, -0.25) is 0 Å². The van der Waals surface area contributed by atoms with Gasteiger partial charge in [-0.05, 0) is 50.4 Å². The van der Waals surface area contributed by atoms with Crippen molar-refractivity contribution in [3.8, 4) is 5.75 Å². The topological polar surface area (TPSA) is 30.5 Å². The Labute approximate surface area is 122 Å². The second-order valence-corrected chi connectivity index (χ2v) is 5.75. The Morgan fingerprint density at radius 2 is 2.10 bits per heavy atom. The Hall–Kier alpha value is -1.06. The van der Waals surface area contributed by atoms with Crippen LogP contribution in [0.2, 0.25) is 0 Å². The molecule has 20 heavy (non-hydrogen) atoms. The van der Waals surface area contributed by atoms with E-state index in [1.165, 1.54) is 18.4 Å². The smallest absolute Gasteiger partial charge is 0.120 e. The fourth-order valence-electron chi connectivity index (χ4n) is 2.50. The van der Waals surface area contributed by atoms with Crippen LogP contribution in [0, 0.1) is 0 Å². The van der Waals surface area contributed by atoms with Gasteiger partial charge in [0.25, 0.3) is 0 Å². The molecule has 2 unspecified atom stereocenters. The van der Waals surface area contributed by atoms with Crippen molar-refractivity contribution in [2.45, 2.75) is 57.8 Å². The number of benzene rings is 1. The van der Waals surface area contributed by atoms with E-state index >= 15 is 0 Å². The largest absolute Gasteiger partial charge is 0.490 e. The highest BCUT2D eigenvalue weighted by Gasteiger charge is 2.33. The number of rotatable bonds is 8. The highest BCUT2D eigenvalue weighted by atomic mass is 16.5. The molecule has 0 heterocycles. The molecular formula is C17H27NO2. The second-order valence-electron chi connectivity index (χ2n) is 5.75. The average molecular weight is 277 g/mol. The lowest BCUT2D eigenvalue weighted by Crippen LogP contribution is -2.42. The summed E-state index contributed by atoms with van der Waals surface area (Å²) in [5.74, 6) is 0.974. The van der Waals surface area contributed by atoms with Crippen molar-refractivity contribution in [3.05, 3.63) is 29.8 Å². The lowest BCUT2D eigenvalue weighted by molar-refractivity contribution is -0.0296. The molecule has 1 N–H and O–H groups in total. The predicted molar refractivity (Wildman–Crippen MR) is 82.2 cm³/mol. The van der Waals surface area contributed by atoms with Crippen molar-refractivity contribution in [1.29, 1.82) is 0 Å². The summed E-state index contributed by atoms with van der Waals surface area (Å²) in [5, 5.41) is 3.56. The van der Waals surface area contributed by atoms with Crippen LogP contribution in [0.1, 0.15) is 51.6 Å². The summed E-state index contributed by atoms with van der Waals surface area (Å²) < 4.78 is 11.7. The van der Waals surface area contributed by atoms with Crippen molar-refractivity contribution in [2.24, 2.45) is 0 Å². The summed E-state index contributed by atoms with van der Waals surface area (Å²) in [6, 6.07) is 8.59. The molecule has 0 spiro atoms. The fourth-order valence-corrected chi connectivity index (χ4v) is 2.50. The molecule has 1 aliphatic carbocycles. The van der Waals surface area contributed by atoms with E-state index in [0.717, 1.165) is 18.7 Å². The highest BCUT2D eigenvalue weighted by molar-refractivity contribution is 5.32. The van der Waals surface area contributed by atoms with Gasteiger partial charge < -0.3 is 14.8 Å². The molecule has 1 fully saturated rings. The standard InChI is InChI=1S/C17H27NO2/c1-5-17(3,19-4)16(18-6-2)13-8-7-9-15(12-13)20-14-10-11-14/h7-9,12,14,16,18H,5-6,10-11H2,1-4H3. The molecule has 0 amide bonds. The SMILES string of the molecule is CCNC(c1cccc(OC2CC2)c1)C(C)(CC)OC.